The molecular weight excluding hydrogens is 352 g/mol. The van der Waals surface area contributed by atoms with Crippen LogP contribution in [-0.4, -0.2) is 29.4 Å². The van der Waals surface area contributed by atoms with Gasteiger partial charge in [0.05, 0.1) is 6.20 Å². The molecule has 0 saturated heterocycles. The normalized spacial score (nSPS) is 11.7. The molecule has 1 N–H and O–H groups in total. The van der Waals surface area contributed by atoms with Gasteiger partial charge in [-0.1, -0.05) is 11.6 Å². The summed E-state index contributed by atoms with van der Waals surface area (Å²) in [5.41, 5.74) is 3.55. The van der Waals surface area contributed by atoms with E-state index in [1.807, 2.05) is 30.5 Å². The minimum absolute atomic E-state index is 0.176. The third kappa shape index (κ3) is 2.28. The molecule has 0 bridgehead atoms. The molecule has 26 heavy (non-hydrogen) atoms. The van der Waals surface area contributed by atoms with Crippen molar-refractivity contribution in [3.8, 4) is 0 Å². The number of aromatic nitrogens is 6. The average Bonchev–Trinajstić information content (AvgIpc) is 3.27. The Morgan fingerprint density at radius 2 is 2.08 bits per heavy atom. The zero-order valence-electron chi connectivity index (χ0n) is 13.6. The average molecular weight is 365 g/mol. The molecule has 8 heteroatoms. The highest BCUT2D eigenvalue weighted by Crippen LogP contribution is 2.23. The molecule has 1 aromatic carbocycles. The van der Waals surface area contributed by atoms with Crippen molar-refractivity contribution in [3.63, 3.8) is 0 Å². The van der Waals surface area contributed by atoms with Gasteiger partial charge in [0.2, 0.25) is 0 Å². The van der Waals surface area contributed by atoms with E-state index in [4.69, 9.17) is 11.6 Å². The summed E-state index contributed by atoms with van der Waals surface area (Å²) in [6.07, 6.45) is 6.07. The van der Waals surface area contributed by atoms with Gasteiger partial charge < -0.3 is 9.55 Å². The quantitative estimate of drug-likeness (QED) is 0.533. The van der Waals surface area contributed by atoms with Crippen LogP contribution >= 0.6 is 11.6 Å². The summed E-state index contributed by atoms with van der Waals surface area (Å²) < 4.78 is 3.27. The maximum absolute atomic E-state index is 12.8. The van der Waals surface area contributed by atoms with Crippen LogP contribution in [0.5, 0.6) is 0 Å². The third-order valence-corrected chi connectivity index (χ3v) is 4.81. The smallest absolute Gasteiger partial charge is 0.280 e. The van der Waals surface area contributed by atoms with Gasteiger partial charge in [-0.2, -0.15) is 5.10 Å². The van der Waals surface area contributed by atoms with Crippen molar-refractivity contribution in [2.75, 3.05) is 0 Å². The first-order chi connectivity index (χ1) is 12.7. The molecule has 0 radical (unpaired) electrons. The number of fused-ring (bicyclic) bond motifs is 4. The number of benzene rings is 1. The summed E-state index contributed by atoms with van der Waals surface area (Å²) in [6, 6.07) is 9.34. The Bertz CT molecular complexity index is 1330. The maximum atomic E-state index is 12.8. The van der Waals surface area contributed by atoms with Gasteiger partial charge in [0.15, 0.2) is 11.2 Å². The molecule has 7 nitrogen and oxygen atoms in total. The molecule has 0 aliphatic carbocycles. The molecule has 128 valence electrons. The summed E-state index contributed by atoms with van der Waals surface area (Å²) in [5.74, 6) is 0. The molecule has 0 saturated carbocycles. The molecule has 5 aromatic rings. The lowest BCUT2D eigenvalue weighted by atomic mass is 10.1. The Hall–Kier alpha value is -3.19. The van der Waals surface area contributed by atoms with Crippen molar-refractivity contribution < 1.29 is 0 Å². The predicted octanol–water partition coefficient (Wildman–Crippen LogP) is 2.82. The largest absolute Gasteiger partial charge is 0.361 e. The molecular formula is C18H13ClN6O. The lowest BCUT2D eigenvalue weighted by molar-refractivity contribution is 0.674. The van der Waals surface area contributed by atoms with Crippen molar-refractivity contribution >= 4 is 39.2 Å². The maximum Gasteiger partial charge on any atom is 0.280 e. The van der Waals surface area contributed by atoms with Gasteiger partial charge in [-0.05, 0) is 36.2 Å². The van der Waals surface area contributed by atoms with Gasteiger partial charge in [0, 0.05) is 40.9 Å². The van der Waals surface area contributed by atoms with Gasteiger partial charge in [-0.15, -0.1) is 10.2 Å². The minimum atomic E-state index is -0.176. The van der Waals surface area contributed by atoms with E-state index in [0.29, 0.717) is 34.7 Å². The van der Waals surface area contributed by atoms with E-state index >= 15 is 0 Å². The third-order valence-electron chi connectivity index (χ3n) is 4.57. The van der Waals surface area contributed by atoms with Crippen LogP contribution in [0.4, 0.5) is 0 Å². The number of nitrogens with zero attached hydrogens (tertiary/aromatic N) is 5. The number of hydrogen-bond donors (Lipinski definition) is 1. The highest BCUT2D eigenvalue weighted by Gasteiger charge is 2.10. The monoisotopic (exact) mass is 364 g/mol. The molecule has 0 spiro atoms. The highest BCUT2D eigenvalue weighted by atomic mass is 35.5. The van der Waals surface area contributed by atoms with Crippen LogP contribution in [0.25, 0.3) is 27.6 Å². The second-order valence-electron chi connectivity index (χ2n) is 6.10. The Balaban J connectivity index is 1.53. The van der Waals surface area contributed by atoms with E-state index in [9.17, 15) is 4.79 Å². The summed E-state index contributed by atoms with van der Waals surface area (Å²) in [6.45, 7) is 0.535. The first-order valence-corrected chi connectivity index (χ1v) is 8.53. The fourth-order valence-corrected chi connectivity index (χ4v) is 3.42. The SMILES string of the molecule is O=c1c2nnc3ccnn3c2ccn1CCc1c[nH]c2ccc(Cl)cc12. The second-order valence-corrected chi connectivity index (χ2v) is 6.54. The van der Waals surface area contributed by atoms with E-state index in [2.05, 4.69) is 20.3 Å². The van der Waals surface area contributed by atoms with E-state index in [0.717, 1.165) is 16.5 Å². The summed E-state index contributed by atoms with van der Waals surface area (Å²) in [4.78, 5) is 16.0. The molecule has 0 aliphatic heterocycles. The minimum Gasteiger partial charge on any atom is -0.361 e. The number of pyridine rings is 1. The van der Waals surface area contributed by atoms with E-state index < -0.39 is 0 Å². The van der Waals surface area contributed by atoms with Crippen molar-refractivity contribution in [1.29, 1.82) is 0 Å². The topological polar surface area (TPSA) is 80.9 Å². The molecule has 4 aromatic heterocycles. The highest BCUT2D eigenvalue weighted by molar-refractivity contribution is 6.31. The molecule has 0 atom stereocenters. The molecule has 4 heterocycles. The summed E-state index contributed by atoms with van der Waals surface area (Å²) in [7, 11) is 0. The van der Waals surface area contributed by atoms with Gasteiger partial charge in [-0.3, -0.25) is 4.79 Å². The fraction of sp³-hybridized carbons (Fsp3) is 0.111. The number of halogens is 1. The predicted molar refractivity (Wildman–Crippen MR) is 99.6 cm³/mol. The van der Waals surface area contributed by atoms with Crippen molar-refractivity contribution in [2.24, 2.45) is 0 Å². The van der Waals surface area contributed by atoms with Crippen LogP contribution in [0, 0.1) is 0 Å². The second kappa shape index (κ2) is 5.67. The fourth-order valence-electron chi connectivity index (χ4n) is 3.25. The molecule has 0 amide bonds. The lowest BCUT2D eigenvalue weighted by Crippen LogP contribution is -2.22. The van der Waals surface area contributed by atoms with Crippen LogP contribution in [0.15, 0.2) is 53.7 Å². The van der Waals surface area contributed by atoms with Crippen LogP contribution < -0.4 is 5.56 Å². The Morgan fingerprint density at radius 3 is 3.00 bits per heavy atom. The van der Waals surface area contributed by atoms with Crippen LogP contribution in [0.3, 0.4) is 0 Å². The first-order valence-electron chi connectivity index (χ1n) is 8.16. The molecule has 0 fully saturated rings. The van der Waals surface area contributed by atoms with Gasteiger partial charge in [0.25, 0.3) is 5.56 Å². The zero-order chi connectivity index (χ0) is 17.7. The van der Waals surface area contributed by atoms with Crippen LogP contribution in [-0.2, 0) is 13.0 Å². The van der Waals surface area contributed by atoms with Crippen molar-refractivity contribution in [1.82, 2.24) is 29.4 Å². The standard InChI is InChI=1S/C18H13ClN6O/c19-12-1-2-14-13(9-12)11(10-20-14)4-7-24-8-5-15-17(18(24)26)23-22-16-3-6-21-25(15)16/h1-3,5-6,8-10,20H,4,7H2. The Labute approximate surface area is 151 Å². The molecule has 0 unspecified atom stereocenters. The van der Waals surface area contributed by atoms with Crippen molar-refractivity contribution in [2.45, 2.75) is 13.0 Å². The lowest BCUT2D eigenvalue weighted by Gasteiger charge is -2.07. The number of rotatable bonds is 3. The molecule has 5 rings (SSSR count). The van der Waals surface area contributed by atoms with E-state index in [-0.39, 0.29) is 5.56 Å². The van der Waals surface area contributed by atoms with Gasteiger partial charge in [-0.25, -0.2) is 4.52 Å². The number of aromatic amines is 1. The number of nitrogens with one attached hydrogen (secondary N) is 1. The summed E-state index contributed by atoms with van der Waals surface area (Å²) in [5, 5.41) is 14.1. The molecule has 0 aliphatic rings. The Kier molecular flexibility index (Phi) is 3.29. The van der Waals surface area contributed by atoms with Crippen LogP contribution in [0.2, 0.25) is 5.02 Å². The van der Waals surface area contributed by atoms with E-state index in [1.54, 1.807) is 27.5 Å². The zero-order valence-corrected chi connectivity index (χ0v) is 14.3. The van der Waals surface area contributed by atoms with Gasteiger partial charge in [0.1, 0.15) is 5.52 Å². The number of H-pyrrole nitrogens is 1. The van der Waals surface area contributed by atoms with Gasteiger partial charge >= 0.3 is 0 Å². The Morgan fingerprint density at radius 1 is 1.15 bits per heavy atom. The van der Waals surface area contributed by atoms with Crippen LogP contribution in [0.1, 0.15) is 5.56 Å². The van der Waals surface area contributed by atoms with Crippen molar-refractivity contribution in [3.05, 3.63) is 69.9 Å². The first kappa shape index (κ1) is 15.1. The summed E-state index contributed by atoms with van der Waals surface area (Å²) >= 11 is 6.10. The number of aryl methyl sites for hydroxylation is 2. The van der Waals surface area contributed by atoms with E-state index in [1.165, 1.54) is 0 Å². The number of hydrogen-bond acceptors (Lipinski definition) is 4.